The second-order valence-electron chi connectivity index (χ2n) is 7.88. The topological polar surface area (TPSA) is 83.7 Å². The van der Waals surface area contributed by atoms with E-state index < -0.39 is 27.6 Å². The van der Waals surface area contributed by atoms with Gasteiger partial charge in [0, 0.05) is 37.9 Å². The Morgan fingerprint density at radius 2 is 1.66 bits per heavy atom. The number of piperazine rings is 1. The summed E-state index contributed by atoms with van der Waals surface area (Å²) in [5.74, 6) is -0.160. The van der Waals surface area contributed by atoms with Crippen molar-refractivity contribution in [2.75, 3.05) is 31.1 Å². The highest BCUT2D eigenvalue weighted by atomic mass is 32.2. The van der Waals surface area contributed by atoms with Gasteiger partial charge in [-0.15, -0.1) is 5.10 Å². The maximum Gasteiger partial charge on any atom is 0.416 e. The summed E-state index contributed by atoms with van der Waals surface area (Å²) in [5.41, 5.74) is -0.0993. The van der Waals surface area contributed by atoms with Crippen molar-refractivity contribution in [2.45, 2.75) is 11.1 Å². The molecule has 0 unspecified atom stereocenters. The van der Waals surface area contributed by atoms with Gasteiger partial charge in [0.1, 0.15) is 5.82 Å². The van der Waals surface area contributed by atoms with E-state index in [4.69, 9.17) is 0 Å². The minimum atomic E-state index is -4.48. The maximum atomic E-state index is 13.5. The molecule has 2 aromatic heterocycles. The molecule has 182 valence electrons. The van der Waals surface area contributed by atoms with Crippen molar-refractivity contribution in [3.63, 3.8) is 0 Å². The molecule has 5 rings (SSSR count). The Bertz CT molecular complexity index is 1500. The molecule has 0 amide bonds. The zero-order chi connectivity index (χ0) is 24.8. The van der Waals surface area contributed by atoms with Gasteiger partial charge in [-0.05, 0) is 36.4 Å². The maximum absolute atomic E-state index is 13.5. The van der Waals surface area contributed by atoms with Gasteiger partial charge in [0.15, 0.2) is 0 Å². The molecular formula is C22H18F4N6O2S. The van der Waals surface area contributed by atoms with Crippen molar-refractivity contribution in [2.24, 2.45) is 0 Å². The zero-order valence-electron chi connectivity index (χ0n) is 18.0. The molecule has 0 N–H and O–H groups in total. The fourth-order valence-corrected chi connectivity index (χ4v) is 5.35. The SMILES string of the molecule is O=S(=O)(c1cccc(F)c1)N1CCN(c2nc3nccc(-c4cccc(C(F)(F)F)c4)n3n2)CC1. The van der Waals surface area contributed by atoms with Crippen LogP contribution in [0, 0.1) is 5.82 Å². The molecule has 3 heterocycles. The first-order valence-electron chi connectivity index (χ1n) is 10.5. The Morgan fingerprint density at radius 3 is 2.37 bits per heavy atom. The molecular weight excluding hydrogens is 488 g/mol. The standard InChI is InChI=1S/C22H18F4N6O2S/c23-17-5-2-6-18(14-17)35(33,34)31-11-9-30(10-12-31)21-28-20-27-8-7-19(32(20)29-21)15-3-1-4-16(13-15)22(24,25)26/h1-8,13-14H,9-12H2. The minimum Gasteiger partial charge on any atom is -0.337 e. The Hall–Kier alpha value is -3.58. The van der Waals surface area contributed by atoms with E-state index in [-0.39, 0.29) is 42.8 Å². The summed E-state index contributed by atoms with van der Waals surface area (Å²) in [6.45, 7) is 0.791. The van der Waals surface area contributed by atoms with E-state index in [1.54, 1.807) is 17.0 Å². The first-order valence-corrected chi connectivity index (χ1v) is 12.0. The fourth-order valence-electron chi connectivity index (χ4n) is 3.90. The van der Waals surface area contributed by atoms with E-state index in [1.807, 2.05) is 0 Å². The smallest absolute Gasteiger partial charge is 0.337 e. The van der Waals surface area contributed by atoms with Crippen molar-refractivity contribution in [1.29, 1.82) is 0 Å². The normalized spacial score (nSPS) is 15.6. The van der Waals surface area contributed by atoms with Crippen LogP contribution in [0.4, 0.5) is 23.5 Å². The summed E-state index contributed by atoms with van der Waals surface area (Å²) < 4.78 is 81.3. The van der Waals surface area contributed by atoms with Gasteiger partial charge in [-0.25, -0.2) is 17.8 Å². The number of fused-ring (bicyclic) bond motifs is 1. The molecule has 13 heteroatoms. The van der Waals surface area contributed by atoms with Crippen LogP contribution in [-0.2, 0) is 16.2 Å². The van der Waals surface area contributed by atoms with E-state index in [0.717, 1.165) is 18.2 Å². The molecule has 0 atom stereocenters. The van der Waals surface area contributed by atoms with Crippen molar-refractivity contribution in [3.8, 4) is 11.3 Å². The lowest BCUT2D eigenvalue weighted by Gasteiger charge is -2.33. The van der Waals surface area contributed by atoms with Gasteiger partial charge < -0.3 is 4.90 Å². The van der Waals surface area contributed by atoms with Crippen LogP contribution in [0.15, 0.2) is 65.7 Å². The van der Waals surface area contributed by atoms with E-state index in [1.165, 1.54) is 39.3 Å². The largest absolute Gasteiger partial charge is 0.416 e. The first-order chi connectivity index (χ1) is 16.6. The molecule has 8 nitrogen and oxygen atoms in total. The Labute approximate surface area is 197 Å². The van der Waals surface area contributed by atoms with Gasteiger partial charge >= 0.3 is 6.18 Å². The third-order valence-electron chi connectivity index (χ3n) is 5.67. The van der Waals surface area contributed by atoms with E-state index in [9.17, 15) is 26.0 Å². The molecule has 0 bridgehead atoms. The Balaban J connectivity index is 1.39. The molecule has 0 aliphatic carbocycles. The molecule has 1 aliphatic rings. The fraction of sp³-hybridized carbons (Fsp3) is 0.227. The highest BCUT2D eigenvalue weighted by Crippen LogP contribution is 2.32. The van der Waals surface area contributed by atoms with Crippen LogP contribution >= 0.6 is 0 Å². The molecule has 35 heavy (non-hydrogen) atoms. The average molecular weight is 506 g/mol. The van der Waals surface area contributed by atoms with Crippen LogP contribution in [0.2, 0.25) is 0 Å². The first kappa shape index (κ1) is 23.2. The van der Waals surface area contributed by atoms with Crippen LogP contribution < -0.4 is 4.90 Å². The molecule has 0 spiro atoms. The molecule has 1 fully saturated rings. The number of hydrogen-bond donors (Lipinski definition) is 0. The van der Waals surface area contributed by atoms with Gasteiger partial charge in [-0.2, -0.15) is 27.0 Å². The number of benzene rings is 2. The highest BCUT2D eigenvalue weighted by Gasteiger charge is 2.32. The van der Waals surface area contributed by atoms with E-state index >= 15 is 0 Å². The Morgan fingerprint density at radius 1 is 0.914 bits per heavy atom. The van der Waals surface area contributed by atoms with Gasteiger partial charge in [-0.3, -0.25) is 0 Å². The quantitative estimate of drug-likeness (QED) is 0.395. The number of aromatic nitrogens is 4. The second-order valence-corrected chi connectivity index (χ2v) is 9.82. The summed E-state index contributed by atoms with van der Waals surface area (Å²) in [7, 11) is -3.86. The predicted molar refractivity (Wildman–Crippen MR) is 119 cm³/mol. The van der Waals surface area contributed by atoms with E-state index in [2.05, 4.69) is 15.1 Å². The van der Waals surface area contributed by atoms with Crippen LogP contribution in [0.1, 0.15) is 5.56 Å². The summed E-state index contributed by atoms with van der Waals surface area (Å²) in [5, 5.41) is 4.43. The summed E-state index contributed by atoms with van der Waals surface area (Å²) in [4.78, 5) is 10.2. The van der Waals surface area contributed by atoms with E-state index in [0.29, 0.717) is 11.3 Å². The molecule has 4 aromatic rings. The molecule has 2 aromatic carbocycles. The van der Waals surface area contributed by atoms with Crippen LogP contribution in [0.3, 0.4) is 0 Å². The number of alkyl halides is 3. The lowest BCUT2D eigenvalue weighted by Crippen LogP contribution is -2.49. The second kappa shape index (κ2) is 8.57. The monoisotopic (exact) mass is 506 g/mol. The van der Waals surface area contributed by atoms with Crippen molar-refractivity contribution >= 4 is 21.7 Å². The Kier molecular flexibility index (Phi) is 5.68. The predicted octanol–water partition coefficient (Wildman–Crippen LogP) is 3.46. The number of halogens is 4. The molecule has 0 saturated carbocycles. The van der Waals surface area contributed by atoms with Crippen LogP contribution in [-0.4, -0.2) is 58.5 Å². The molecule has 1 saturated heterocycles. The van der Waals surface area contributed by atoms with Crippen molar-refractivity contribution in [3.05, 3.63) is 72.2 Å². The lowest BCUT2D eigenvalue weighted by molar-refractivity contribution is -0.137. The summed E-state index contributed by atoms with van der Waals surface area (Å²) in [6.07, 6.45) is -3.05. The third-order valence-corrected chi connectivity index (χ3v) is 7.57. The molecule has 1 aliphatic heterocycles. The number of hydrogen-bond acceptors (Lipinski definition) is 6. The van der Waals surface area contributed by atoms with Crippen LogP contribution in [0.5, 0.6) is 0 Å². The number of sulfonamides is 1. The van der Waals surface area contributed by atoms with Gasteiger partial charge in [0.25, 0.3) is 5.78 Å². The highest BCUT2D eigenvalue weighted by molar-refractivity contribution is 7.89. The lowest BCUT2D eigenvalue weighted by atomic mass is 10.1. The number of rotatable bonds is 4. The summed E-state index contributed by atoms with van der Waals surface area (Å²) >= 11 is 0. The number of nitrogens with zero attached hydrogens (tertiary/aromatic N) is 6. The van der Waals surface area contributed by atoms with Crippen molar-refractivity contribution < 1.29 is 26.0 Å². The average Bonchev–Trinajstić information content (AvgIpc) is 3.28. The van der Waals surface area contributed by atoms with Gasteiger partial charge in [0.2, 0.25) is 16.0 Å². The minimum absolute atomic E-state index is 0.119. The molecule has 0 radical (unpaired) electrons. The van der Waals surface area contributed by atoms with Gasteiger partial charge in [0.05, 0.1) is 16.2 Å². The third kappa shape index (κ3) is 4.44. The zero-order valence-corrected chi connectivity index (χ0v) is 18.8. The van der Waals surface area contributed by atoms with Crippen LogP contribution in [0.25, 0.3) is 17.0 Å². The van der Waals surface area contributed by atoms with Gasteiger partial charge in [-0.1, -0.05) is 18.2 Å². The summed E-state index contributed by atoms with van der Waals surface area (Å²) in [6, 6.07) is 11.3. The van der Waals surface area contributed by atoms with Crippen molar-refractivity contribution in [1.82, 2.24) is 23.9 Å². The number of anilines is 1.